The number of carboxylic acid groups (broad SMARTS) is 1. The van der Waals surface area contributed by atoms with Crippen LogP contribution in [0.1, 0.15) is 22.6 Å². The van der Waals surface area contributed by atoms with Gasteiger partial charge in [-0.3, -0.25) is 4.98 Å². The van der Waals surface area contributed by atoms with Crippen LogP contribution in [-0.4, -0.2) is 40.6 Å². The number of hydrogen-bond acceptors (Lipinski definition) is 5. The molecule has 6 nitrogen and oxygen atoms in total. The van der Waals surface area contributed by atoms with Gasteiger partial charge in [-0.1, -0.05) is 48.5 Å². The molecule has 0 spiro atoms. The number of carbonyl (C=O) groups is 2. The summed E-state index contributed by atoms with van der Waals surface area (Å²) < 4.78 is 6.32. The van der Waals surface area contributed by atoms with Crippen LogP contribution in [-0.2, 0) is 15.3 Å². The number of ether oxygens (including phenoxy) is 1. The van der Waals surface area contributed by atoms with E-state index < -0.39 is 18.1 Å². The van der Waals surface area contributed by atoms with E-state index in [1.54, 1.807) is 12.4 Å². The van der Waals surface area contributed by atoms with Crippen molar-refractivity contribution in [3.63, 3.8) is 0 Å². The largest absolute Gasteiger partial charge is 0.480 e. The van der Waals surface area contributed by atoms with E-state index in [1.165, 1.54) is 11.8 Å². The second-order valence-corrected chi connectivity index (χ2v) is 9.33. The van der Waals surface area contributed by atoms with Gasteiger partial charge in [0, 0.05) is 34.3 Å². The Morgan fingerprint density at radius 1 is 1.09 bits per heavy atom. The molecule has 0 aliphatic heterocycles. The number of pyridine rings is 1. The molecule has 0 saturated carbocycles. The van der Waals surface area contributed by atoms with Crippen molar-refractivity contribution in [2.45, 2.75) is 17.7 Å². The Balaban J connectivity index is 1.34. The number of aliphatic carboxylic acids is 1. The number of alkyl carbamates (subject to hydrolysis) is 1. The van der Waals surface area contributed by atoms with Crippen molar-refractivity contribution in [1.29, 1.82) is 0 Å². The number of hydrogen-bond donors (Lipinski definition) is 2. The molecule has 0 radical (unpaired) electrons. The number of rotatable bonds is 8. The van der Waals surface area contributed by atoms with E-state index in [0.717, 1.165) is 32.3 Å². The normalized spacial score (nSPS) is 13.2. The summed E-state index contributed by atoms with van der Waals surface area (Å²) in [5.74, 6) is -0.373. The van der Waals surface area contributed by atoms with Gasteiger partial charge < -0.3 is 15.2 Å². The van der Waals surface area contributed by atoms with Crippen molar-refractivity contribution in [3.05, 3.63) is 88.2 Å². The van der Waals surface area contributed by atoms with E-state index in [2.05, 4.69) is 38.4 Å². The van der Waals surface area contributed by atoms with Crippen LogP contribution in [0.4, 0.5) is 4.79 Å². The molecule has 3 aromatic rings. The van der Waals surface area contributed by atoms with Crippen LogP contribution in [0.15, 0.2) is 71.5 Å². The van der Waals surface area contributed by atoms with Gasteiger partial charge in [0.05, 0.1) is 0 Å². The Hall–Kier alpha value is -2.84. The van der Waals surface area contributed by atoms with Crippen molar-refractivity contribution in [2.75, 3.05) is 12.4 Å². The maximum atomic E-state index is 12.4. The number of aromatic nitrogens is 1. The summed E-state index contributed by atoms with van der Waals surface area (Å²) in [7, 11) is 0. The first kappa shape index (κ1) is 22.4. The van der Waals surface area contributed by atoms with Gasteiger partial charge >= 0.3 is 12.1 Å². The zero-order valence-corrected chi connectivity index (χ0v) is 19.4. The first-order valence-electron chi connectivity index (χ1n) is 10.0. The van der Waals surface area contributed by atoms with Gasteiger partial charge in [0.2, 0.25) is 0 Å². The minimum Gasteiger partial charge on any atom is -0.480 e. The maximum absolute atomic E-state index is 12.4. The van der Waals surface area contributed by atoms with E-state index >= 15 is 0 Å². The summed E-state index contributed by atoms with van der Waals surface area (Å²) in [4.78, 5) is 28.1. The molecule has 4 rings (SSSR count). The molecule has 1 heterocycles. The fourth-order valence-electron chi connectivity index (χ4n) is 3.79. The molecule has 2 N–H and O–H groups in total. The fourth-order valence-corrected chi connectivity index (χ4v) is 5.17. The quantitative estimate of drug-likeness (QED) is 0.438. The second kappa shape index (κ2) is 10.2. The van der Waals surface area contributed by atoms with Gasteiger partial charge in [-0.2, -0.15) is 11.8 Å². The Morgan fingerprint density at radius 2 is 1.75 bits per heavy atom. The van der Waals surface area contributed by atoms with E-state index in [-0.39, 0.29) is 18.3 Å². The van der Waals surface area contributed by atoms with E-state index in [4.69, 9.17) is 4.74 Å². The highest BCUT2D eigenvalue weighted by Crippen LogP contribution is 2.44. The lowest BCUT2D eigenvalue weighted by Crippen LogP contribution is -2.43. The highest BCUT2D eigenvalue weighted by Gasteiger charge is 2.29. The van der Waals surface area contributed by atoms with Gasteiger partial charge in [-0.15, -0.1) is 0 Å². The van der Waals surface area contributed by atoms with Crippen molar-refractivity contribution in [1.82, 2.24) is 10.3 Å². The van der Waals surface area contributed by atoms with Gasteiger partial charge in [0.15, 0.2) is 0 Å². The molecule has 1 unspecified atom stereocenters. The number of fused-ring (bicyclic) bond motifs is 3. The predicted octanol–water partition coefficient (Wildman–Crippen LogP) is 5.07. The molecular formula is C24H21BrN2O4S. The first-order chi connectivity index (χ1) is 15.5. The summed E-state index contributed by atoms with van der Waals surface area (Å²) in [5.41, 5.74) is 5.46. The number of benzene rings is 2. The van der Waals surface area contributed by atoms with Crippen molar-refractivity contribution < 1.29 is 19.4 Å². The lowest BCUT2D eigenvalue weighted by atomic mass is 9.98. The molecule has 0 saturated heterocycles. The Labute approximate surface area is 198 Å². The summed E-state index contributed by atoms with van der Waals surface area (Å²) in [6.45, 7) is 0.142. The molecule has 1 aromatic heterocycles. The van der Waals surface area contributed by atoms with E-state index in [9.17, 15) is 14.7 Å². The van der Waals surface area contributed by atoms with Gasteiger partial charge in [-0.25, -0.2) is 9.59 Å². The zero-order chi connectivity index (χ0) is 22.5. The van der Waals surface area contributed by atoms with Crippen molar-refractivity contribution in [2.24, 2.45) is 0 Å². The van der Waals surface area contributed by atoms with Gasteiger partial charge in [0.25, 0.3) is 0 Å². The molecule has 32 heavy (non-hydrogen) atoms. The Bertz CT molecular complexity index is 1090. The summed E-state index contributed by atoms with van der Waals surface area (Å²) in [5, 5.41) is 12.0. The van der Waals surface area contributed by atoms with Crippen LogP contribution in [0, 0.1) is 0 Å². The molecular weight excluding hydrogens is 492 g/mol. The lowest BCUT2D eigenvalue weighted by Gasteiger charge is -2.17. The zero-order valence-electron chi connectivity index (χ0n) is 17.0. The highest BCUT2D eigenvalue weighted by atomic mass is 79.9. The number of carbonyl (C=O) groups excluding carboxylic acids is 1. The van der Waals surface area contributed by atoms with Gasteiger partial charge in [0.1, 0.15) is 12.6 Å². The summed E-state index contributed by atoms with van der Waals surface area (Å²) in [6.07, 6.45) is 2.68. The third-order valence-corrected chi connectivity index (χ3v) is 6.79. The minimum atomic E-state index is -1.10. The molecule has 1 aliphatic rings. The number of halogens is 1. The molecule has 1 amide bonds. The molecule has 8 heteroatoms. The van der Waals surface area contributed by atoms with Crippen LogP contribution in [0.2, 0.25) is 0 Å². The standard InChI is InChI=1S/C24H21BrN2O4S/c25-16-9-15(10-26-11-16)13-32-14-22(23(28)29)27-24(30)31-12-21-19-7-3-1-5-17(19)18-6-2-4-8-20(18)21/h1-11,21-22H,12-14H2,(H,27,30)(H,28,29). The third-order valence-electron chi connectivity index (χ3n) is 5.25. The smallest absolute Gasteiger partial charge is 0.407 e. The van der Waals surface area contributed by atoms with Crippen molar-refractivity contribution >= 4 is 39.8 Å². The first-order valence-corrected chi connectivity index (χ1v) is 12.0. The molecule has 1 aliphatic carbocycles. The van der Waals surface area contributed by atoms with Crippen LogP contribution in [0.25, 0.3) is 11.1 Å². The van der Waals surface area contributed by atoms with Gasteiger partial charge in [-0.05, 0) is 49.8 Å². The average molecular weight is 513 g/mol. The molecule has 164 valence electrons. The molecule has 2 aromatic carbocycles. The highest BCUT2D eigenvalue weighted by molar-refractivity contribution is 9.10. The number of amides is 1. The predicted molar refractivity (Wildman–Crippen MR) is 128 cm³/mol. The number of thioether (sulfide) groups is 1. The van der Waals surface area contributed by atoms with Crippen LogP contribution in [0.5, 0.6) is 0 Å². The molecule has 1 atom stereocenters. The average Bonchev–Trinajstić information content (AvgIpc) is 3.11. The van der Waals surface area contributed by atoms with Crippen molar-refractivity contribution in [3.8, 4) is 11.1 Å². The Morgan fingerprint density at radius 3 is 2.38 bits per heavy atom. The van der Waals surface area contributed by atoms with Crippen LogP contribution < -0.4 is 5.32 Å². The van der Waals surface area contributed by atoms with Crippen LogP contribution >= 0.6 is 27.7 Å². The van der Waals surface area contributed by atoms with E-state index in [1.807, 2.05) is 42.5 Å². The number of nitrogens with zero attached hydrogens (tertiary/aromatic N) is 1. The van der Waals surface area contributed by atoms with E-state index in [0.29, 0.717) is 5.75 Å². The fraction of sp³-hybridized carbons (Fsp3) is 0.208. The topological polar surface area (TPSA) is 88.5 Å². The third kappa shape index (κ3) is 5.14. The summed E-state index contributed by atoms with van der Waals surface area (Å²) in [6, 6.07) is 17.0. The number of carboxylic acids is 1. The summed E-state index contributed by atoms with van der Waals surface area (Å²) >= 11 is 4.77. The minimum absolute atomic E-state index is 0.0742. The second-order valence-electron chi connectivity index (χ2n) is 7.39. The monoisotopic (exact) mass is 512 g/mol. The number of nitrogens with one attached hydrogen (secondary N) is 1. The van der Waals surface area contributed by atoms with Crippen LogP contribution in [0.3, 0.4) is 0 Å². The molecule has 0 bridgehead atoms. The SMILES string of the molecule is O=C(NC(CSCc1cncc(Br)c1)C(=O)O)OCC1c2ccccc2-c2ccccc21. The maximum Gasteiger partial charge on any atom is 0.407 e. The lowest BCUT2D eigenvalue weighted by molar-refractivity contribution is -0.138. The molecule has 0 fully saturated rings. The Kier molecular flexibility index (Phi) is 7.12.